The van der Waals surface area contributed by atoms with Gasteiger partial charge in [-0.2, -0.15) is 0 Å². The van der Waals surface area contributed by atoms with Crippen LogP contribution in [0.25, 0.3) is 0 Å². The topological polar surface area (TPSA) is 42.9 Å². The van der Waals surface area contributed by atoms with Crippen molar-refractivity contribution in [2.75, 3.05) is 13.7 Å². The second-order valence-electron chi connectivity index (χ2n) is 3.45. The van der Waals surface area contributed by atoms with Gasteiger partial charge < -0.3 is 4.74 Å². The maximum atomic E-state index is 5.29. The maximum absolute atomic E-state index is 5.29. The van der Waals surface area contributed by atoms with E-state index in [1.165, 1.54) is 0 Å². The van der Waals surface area contributed by atoms with Gasteiger partial charge in [-0.1, -0.05) is 0 Å². The molecule has 15 heavy (non-hydrogen) atoms. The third-order valence-corrected chi connectivity index (χ3v) is 2.23. The number of amidine groups is 1. The van der Waals surface area contributed by atoms with Crippen LogP contribution in [0.1, 0.15) is 12.5 Å². The molecule has 0 amide bonds. The number of methoxy groups -OCH3 is 1. The zero-order valence-electron chi connectivity index (χ0n) is 8.86. The summed E-state index contributed by atoms with van der Waals surface area (Å²) in [6.45, 7) is 2.66. The SMILES string of the molecule is COc1ccc(C2=NCC(C)ON2)cc1. The van der Waals surface area contributed by atoms with E-state index in [4.69, 9.17) is 9.57 Å². The molecule has 80 valence electrons. The van der Waals surface area contributed by atoms with E-state index in [2.05, 4.69) is 10.5 Å². The van der Waals surface area contributed by atoms with Gasteiger partial charge in [-0.3, -0.25) is 9.83 Å². The molecule has 0 radical (unpaired) electrons. The van der Waals surface area contributed by atoms with E-state index in [1.54, 1.807) is 7.11 Å². The Labute approximate surface area is 88.9 Å². The number of nitrogens with one attached hydrogen (secondary N) is 1. The molecule has 0 spiro atoms. The van der Waals surface area contributed by atoms with E-state index in [0.29, 0.717) is 6.54 Å². The molecule has 0 saturated carbocycles. The molecule has 1 aromatic carbocycles. The molecule has 2 rings (SSSR count). The number of rotatable bonds is 2. The van der Waals surface area contributed by atoms with Gasteiger partial charge in [0.05, 0.1) is 13.7 Å². The fourth-order valence-corrected chi connectivity index (χ4v) is 1.34. The molecule has 1 aliphatic heterocycles. The van der Waals surface area contributed by atoms with Crippen molar-refractivity contribution < 1.29 is 9.57 Å². The Hall–Kier alpha value is -1.55. The molecule has 0 aliphatic carbocycles. The lowest BCUT2D eigenvalue weighted by Crippen LogP contribution is -2.35. The van der Waals surface area contributed by atoms with E-state index in [1.807, 2.05) is 31.2 Å². The third kappa shape index (κ3) is 2.27. The number of hydroxylamine groups is 1. The second-order valence-corrected chi connectivity index (χ2v) is 3.45. The van der Waals surface area contributed by atoms with Gasteiger partial charge >= 0.3 is 0 Å². The summed E-state index contributed by atoms with van der Waals surface area (Å²) >= 11 is 0. The molecule has 1 N–H and O–H groups in total. The van der Waals surface area contributed by atoms with Gasteiger partial charge in [0.2, 0.25) is 0 Å². The van der Waals surface area contributed by atoms with Crippen molar-refractivity contribution in [3.63, 3.8) is 0 Å². The fraction of sp³-hybridized carbons (Fsp3) is 0.364. The van der Waals surface area contributed by atoms with Crippen molar-refractivity contribution in [1.82, 2.24) is 5.48 Å². The number of benzene rings is 1. The van der Waals surface area contributed by atoms with Crippen LogP contribution in [-0.2, 0) is 4.84 Å². The first-order valence-electron chi connectivity index (χ1n) is 4.90. The van der Waals surface area contributed by atoms with Crippen molar-refractivity contribution in [2.24, 2.45) is 4.99 Å². The van der Waals surface area contributed by atoms with Gasteiger partial charge in [0, 0.05) is 5.56 Å². The monoisotopic (exact) mass is 206 g/mol. The van der Waals surface area contributed by atoms with Crippen LogP contribution < -0.4 is 10.2 Å². The molecule has 0 saturated heterocycles. The van der Waals surface area contributed by atoms with Gasteiger partial charge in [-0.25, -0.2) is 5.48 Å². The molecule has 1 atom stereocenters. The van der Waals surface area contributed by atoms with Crippen LogP contribution in [0.2, 0.25) is 0 Å². The van der Waals surface area contributed by atoms with Crippen molar-refractivity contribution >= 4 is 5.84 Å². The summed E-state index contributed by atoms with van der Waals surface area (Å²) in [5.41, 5.74) is 3.83. The average molecular weight is 206 g/mol. The highest BCUT2D eigenvalue weighted by molar-refractivity contribution is 5.98. The van der Waals surface area contributed by atoms with Crippen LogP contribution in [0.5, 0.6) is 5.75 Å². The predicted octanol–water partition coefficient (Wildman–Crippen LogP) is 1.37. The summed E-state index contributed by atoms with van der Waals surface area (Å²) in [7, 11) is 1.65. The van der Waals surface area contributed by atoms with Crippen molar-refractivity contribution in [1.29, 1.82) is 0 Å². The Balaban J connectivity index is 2.16. The Morgan fingerprint density at radius 3 is 2.67 bits per heavy atom. The Kier molecular flexibility index (Phi) is 2.87. The van der Waals surface area contributed by atoms with Gasteiger partial charge in [-0.05, 0) is 31.2 Å². The third-order valence-electron chi connectivity index (χ3n) is 2.23. The lowest BCUT2D eigenvalue weighted by Gasteiger charge is -2.19. The molecule has 0 aromatic heterocycles. The quantitative estimate of drug-likeness (QED) is 0.794. The van der Waals surface area contributed by atoms with Crippen LogP contribution in [0.3, 0.4) is 0 Å². The molecule has 1 unspecified atom stereocenters. The summed E-state index contributed by atoms with van der Waals surface area (Å²) in [6.07, 6.45) is 0.131. The molecule has 1 aliphatic rings. The highest BCUT2D eigenvalue weighted by atomic mass is 16.7. The second kappa shape index (κ2) is 4.31. The number of hydrogen-bond donors (Lipinski definition) is 1. The van der Waals surface area contributed by atoms with E-state index in [0.717, 1.165) is 17.1 Å². The lowest BCUT2D eigenvalue weighted by molar-refractivity contribution is 0.0184. The van der Waals surface area contributed by atoms with E-state index in [-0.39, 0.29) is 6.10 Å². The minimum atomic E-state index is 0.131. The first-order chi connectivity index (χ1) is 7.29. The summed E-state index contributed by atoms with van der Waals surface area (Å²) in [6, 6.07) is 7.70. The molecular formula is C11H14N2O2. The molecule has 0 fully saturated rings. The number of nitrogens with zero attached hydrogens (tertiary/aromatic N) is 1. The van der Waals surface area contributed by atoms with Crippen LogP contribution >= 0.6 is 0 Å². The molecule has 4 heteroatoms. The molecule has 0 bridgehead atoms. The van der Waals surface area contributed by atoms with Gasteiger partial charge in [-0.15, -0.1) is 0 Å². The Bertz CT molecular complexity index is 359. The molecule has 4 nitrogen and oxygen atoms in total. The van der Waals surface area contributed by atoms with Gasteiger partial charge in [0.25, 0.3) is 0 Å². The first kappa shape index (κ1) is 9.98. The van der Waals surface area contributed by atoms with E-state index < -0.39 is 0 Å². The average Bonchev–Trinajstić information content (AvgIpc) is 2.30. The van der Waals surface area contributed by atoms with E-state index in [9.17, 15) is 0 Å². The molecule has 1 heterocycles. The van der Waals surface area contributed by atoms with E-state index >= 15 is 0 Å². The number of aliphatic imine (C=N–C) groups is 1. The van der Waals surface area contributed by atoms with Gasteiger partial charge in [0.1, 0.15) is 11.9 Å². The minimum absolute atomic E-state index is 0.131. The van der Waals surface area contributed by atoms with Crippen molar-refractivity contribution in [3.05, 3.63) is 29.8 Å². The largest absolute Gasteiger partial charge is 0.497 e. The van der Waals surface area contributed by atoms with Crippen molar-refractivity contribution in [2.45, 2.75) is 13.0 Å². The van der Waals surface area contributed by atoms with Crippen LogP contribution in [-0.4, -0.2) is 25.6 Å². The Morgan fingerprint density at radius 2 is 2.13 bits per heavy atom. The first-order valence-corrected chi connectivity index (χ1v) is 4.90. The number of ether oxygens (including phenoxy) is 1. The van der Waals surface area contributed by atoms with Gasteiger partial charge in [0.15, 0.2) is 5.84 Å². The highest BCUT2D eigenvalue weighted by Gasteiger charge is 2.12. The highest BCUT2D eigenvalue weighted by Crippen LogP contribution is 2.12. The fourth-order valence-electron chi connectivity index (χ4n) is 1.34. The van der Waals surface area contributed by atoms with Crippen LogP contribution in [0, 0.1) is 0 Å². The standard InChI is InChI=1S/C11H14N2O2/c1-8-7-12-11(13-15-8)9-3-5-10(14-2)6-4-9/h3-6,8H,7H2,1-2H3,(H,12,13). The zero-order chi connectivity index (χ0) is 10.7. The summed E-state index contributed by atoms with van der Waals surface area (Å²) in [4.78, 5) is 9.67. The maximum Gasteiger partial charge on any atom is 0.152 e. The zero-order valence-corrected chi connectivity index (χ0v) is 8.86. The molecular weight excluding hydrogens is 192 g/mol. The summed E-state index contributed by atoms with van der Waals surface area (Å²) in [5.74, 6) is 1.61. The predicted molar refractivity (Wildman–Crippen MR) is 58.1 cm³/mol. The normalized spacial score (nSPS) is 20.4. The minimum Gasteiger partial charge on any atom is -0.497 e. The Morgan fingerprint density at radius 1 is 1.40 bits per heavy atom. The van der Waals surface area contributed by atoms with Crippen molar-refractivity contribution in [3.8, 4) is 5.75 Å². The van der Waals surface area contributed by atoms with Crippen LogP contribution in [0.15, 0.2) is 29.3 Å². The number of hydrogen-bond acceptors (Lipinski definition) is 4. The summed E-state index contributed by atoms with van der Waals surface area (Å²) in [5, 5.41) is 0. The molecule has 1 aromatic rings. The van der Waals surface area contributed by atoms with Crippen LogP contribution in [0.4, 0.5) is 0 Å². The smallest absolute Gasteiger partial charge is 0.152 e. The summed E-state index contributed by atoms with van der Waals surface area (Å²) < 4.78 is 5.08. The lowest BCUT2D eigenvalue weighted by atomic mass is 10.2.